The number of hydrogen-bond acceptors (Lipinski definition) is 9. The number of hydrogen-bond donors (Lipinski definition) is 7. The lowest BCUT2D eigenvalue weighted by Crippen LogP contribution is -2.56. The van der Waals surface area contributed by atoms with Crippen molar-refractivity contribution in [1.29, 1.82) is 0 Å². The molecule has 3 atom stereocenters. The minimum absolute atomic E-state index is 0.0284. The highest BCUT2D eigenvalue weighted by Crippen LogP contribution is 2.09. The Balaban J connectivity index is 3.05. The van der Waals surface area contributed by atoms with E-state index >= 15 is 0 Å². The molecule has 1 unspecified atom stereocenters. The molecule has 1 aromatic rings. The van der Waals surface area contributed by atoms with E-state index < -0.39 is 66.5 Å². The number of amides is 4. The average molecular weight is 566 g/mol. The summed E-state index contributed by atoms with van der Waals surface area (Å²) in [6, 6.07) is 2.45. The zero-order chi connectivity index (χ0) is 30.2. The SMILES string of the molecule is CC(=O)c1ccc(CC(NC(=O)[C@@H](CCC(=O)O)NC(=O)[C@H](N)CCC(=O)O)C(=O)NCCOCC(N)=O)cc1. The first-order valence-corrected chi connectivity index (χ1v) is 12.3. The average Bonchev–Trinajstić information content (AvgIpc) is 2.88. The fraction of sp³-hybridized carbons (Fsp3) is 0.480. The Morgan fingerprint density at radius 3 is 1.98 bits per heavy atom. The molecule has 1 aromatic carbocycles. The summed E-state index contributed by atoms with van der Waals surface area (Å²) in [6.45, 7) is 0.969. The third-order valence-electron chi connectivity index (χ3n) is 5.51. The van der Waals surface area contributed by atoms with Crippen molar-refractivity contribution in [2.24, 2.45) is 11.5 Å². The molecule has 0 aliphatic rings. The lowest BCUT2D eigenvalue weighted by atomic mass is 10.0. The Morgan fingerprint density at radius 2 is 1.43 bits per heavy atom. The number of primary amides is 1. The number of benzene rings is 1. The van der Waals surface area contributed by atoms with E-state index in [9.17, 15) is 33.6 Å². The number of carboxylic acid groups (broad SMARTS) is 2. The van der Waals surface area contributed by atoms with Crippen LogP contribution in [0.2, 0.25) is 0 Å². The Morgan fingerprint density at radius 1 is 0.850 bits per heavy atom. The summed E-state index contributed by atoms with van der Waals surface area (Å²) in [5, 5.41) is 25.2. The molecule has 0 radical (unpaired) electrons. The first-order valence-electron chi connectivity index (χ1n) is 12.3. The highest BCUT2D eigenvalue weighted by molar-refractivity contribution is 5.94. The van der Waals surface area contributed by atoms with E-state index in [4.69, 9.17) is 26.4 Å². The van der Waals surface area contributed by atoms with Crippen LogP contribution in [-0.4, -0.2) is 89.4 Å². The van der Waals surface area contributed by atoms with Crippen molar-refractivity contribution in [2.75, 3.05) is 19.8 Å². The van der Waals surface area contributed by atoms with Gasteiger partial charge in [-0.2, -0.15) is 0 Å². The number of nitrogens with one attached hydrogen (secondary N) is 3. The van der Waals surface area contributed by atoms with E-state index in [1.54, 1.807) is 24.3 Å². The first-order chi connectivity index (χ1) is 18.8. The largest absolute Gasteiger partial charge is 0.481 e. The minimum atomic E-state index is -1.39. The number of ether oxygens (including phenoxy) is 1. The van der Waals surface area contributed by atoms with Crippen molar-refractivity contribution in [3.8, 4) is 0 Å². The summed E-state index contributed by atoms with van der Waals surface area (Å²) in [7, 11) is 0. The minimum Gasteiger partial charge on any atom is -0.481 e. The van der Waals surface area contributed by atoms with Crippen LogP contribution in [0.1, 0.15) is 48.5 Å². The molecule has 0 saturated carbocycles. The standard InChI is InChI=1S/C25H35N5O10/c1-14(31)16-4-2-15(3-5-16)12-19(24(38)28-10-11-40-13-20(27)32)30-25(39)18(7-9-22(35)36)29-23(37)17(26)6-8-21(33)34/h2-5,17-19H,6-13,26H2,1H3,(H2,27,32)(H,28,38)(H,29,37)(H,30,39)(H,33,34)(H,35,36)/t17-,18-,19?/m1/s1. The highest BCUT2D eigenvalue weighted by atomic mass is 16.5. The number of carboxylic acids is 2. The number of Topliss-reactive ketones (excluding diaryl/α,β-unsaturated/α-hetero) is 1. The molecule has 1 rings (SSSR count). The molecule has 0 saturated heterocycles. The van der Waals surface area contributed by atoms with Crippen molar-refractivity contribution >= 4 is 41.4 Å². The van der Waals surface area contributed by atoms with E-state index in [1.165, 1.54) is 6.92 Å². The van der Waals surface area contributed by atoms with E-state index in [0.29, 0.717) is 11.1 Å². The number of carbonyl (C=O) groups is 7. The van der Waals surface area contributed by atoms with Crippen LogP contribution in [0.4, 0.5) is 0 Å². The normalized spacial score (nSPS) is 12.8. The quantitative estimate of drug-likeness (QED) is 0.0718. The van der Waals surface area contributed by atoms with Gasteiger partial charge >= 0.3 is 11.9 Å². The van der Waals surface area contributed by atoms with Gasteiger partial charge in [-0.05, 0) is 25.3 Å². The summed E-state index contributed by atoms with van der Waals surface area (Å²) in [4.78, 5) is 82.7. The molecule has 9 N–H and O–H groups in total. The Bertz CT molecular complexity index is 1080. The van der Waals surface area contributed by atoms with Gasteiger partial charge in [-0.25, -0.2) is 0 Å². The van der Waals surface area contributed by atoms with Gasteiger partial charge in [0.25, 0.3) is 0 Å². The lowest BCUT2D eigenvalue weighted by Gasteiger charge is -2.24. The maximum atomic E-state index is 13.1. The van der Waals surface area contributed by atoms with Crippen molar-refractivity contribution in [3.05, 3.63) is 35.4 Å². The summed E-state index contributed by atoms with van der Waals surface area (Å²) in [6.07, 6.45) is -1.47. The van der Waals surface area contributed by atoms with Crippen LogP contribution in [0.5, 0.6) is 0 Å². The van der Waals surface area contributed by atoms with Crippen molar-refractivity contribution in [3.63, 3.8) is 0 Å². The zero-order valence-electron chi connectivity index (χ0n) is 22.0. The number of carbonyl (C=O) groups excluding carboxylic acids is 5. The van der Waals surface area contributed by atoms with Crippen LogP contribution in [0.25, 0.3) is 0 Å². The van der Waals surface area contributed by atoms with Gasteiger partial charge in [0, 0.05) is 31.4 Å². The molecular formula is C25H35N5O10. The van der Waals surface area contributed by atoms with Crippen molar-refractivity contribution in [2.45, 2.75) is 57.2 Å². The van der Waals surface area contributed by atoms with E-state index in [1.807, 2.05) is 0 Å². The second kappa shape index (κ2) is 17.3. The van der Waals surface area contributed by atoms with Gasteiger partial charge in [0.1, 0.15) is 18.7 Å². The smallest absolute Gasteiger partial charge is 0.303 e. The molecule has 0 bridgehead atoms. The summed E-state index contributed by atoms with van der Waals surface area (Å²) < 4.78 is 4.99. The van der Waals surface area contributed by atoms with Gasteiger partial charge in [0.15, 0.2) is 5.78 Å². The van der Waals surface area contributed by atoms with Crippen LogP contribution >= 0.6 is 0 Å². The van der Waals surface area contributed by atoms with Gasteiger partial charge in [-0.1, -0.05) is 24.3 Å². The van der Waals surface area contributed by atoms with Crippen LogP contribution in [-0.2, 0) is 39.9 Å². The molecule has 4 amide bonds. The fourth-order valence-corrected chi connectivity index (χ4v) is 3.36. The molecule has 0 fully saturated rings. The molecule has 0 spiro atoms. The third kappa shape index (κ3) is 13.4. The van der Waals surface area contributed by atoms with Crippen molar-refractivity contribution in [1.82, 2.24) is 16.0 Å². The first kappa shape index (κ1) is 33.7. The zero-order valence-corrected chi connectivity index (χ0v) is 22.0. The maximum Gasteiger partial charge on any atom is 0.303 e. The Kier molecular flexibility index (Phi) is 14.5. The Labute approximate surface area is 230 Å². The molecule has 0 aliphatic heterocycles. The van der Waals surface area contributed by atoms with Gasteiger partial charge in [0.2, 0.25) is 23.6 Å². The predicted octanol–water partition coefficient (Wildman–Crippen LogP) is -1.92. The van der Waals surface area contributed by atoms with Gasteiger partial charge in [-0.3, -0.25) is 33.6 Å². The fourth-order valence-electron chi connectivity index (χ4n) is 3.36. The van der Waals surface area contributed by atoms with Gasteiger partial charge in [-0.15, -0.1) is 0 Å². The topological polar surface area (TPSA) is 257 Å². The number of aliphatic carboxylic acids is 2. The highest BCUT2D eigenvalue weighted by Gasteiger charge is 2.29. The van der Waals surface area contributed by atoms with Crippen molar-refractivity contribution < 1.29 is 48.5 Å². The summed E-state index contributed by atoms with van der Waals surface area (Å²) in [5.41, 5.74) is 11.7. The molecular weight excluding hydrogens is 530 g/mol. The van der Waals surface area contributed by atoms with Crippen LogP contribution < -0.4 is 27.4 Å². The van der Waals surface area contributed by atoms with E-state index in [2.05, 4.69) is 16.0 Å². The van der Waals surface area contributed by atoms with Gasteiger partial charge in [0.05, 0.1) is 12.6 Å². The van der Waals surface area contributed by atoms with Crippen LogP contribution in [0.15, 0.2) is 24.3 Å². The molecule has 0 aliphatic carbocycles. The molecule has 220 valence electrons. The second-order valence-electron chi connectivity index (χ2n) is 8.86. The Hall–Kier alpha value is -4.37. The third-order valence-corrected chi connectivity index (χ3v) is 5.51. The maximum absolute atomic E-state index is 13.1. The number of rotatable bonds is 19. The molecule has 15 heteroatoms. The summed E-state index contributed by atoms with van der Waals surface area (Å²) in [5.74, 6) is -5.64. The molecule has 0 heterocycles. The number of nitrogens with two attached hydrogens (primary N) is 2. The predicted molar refractivity (Wildman–Crippen MR) is 139 cm³/mol. The van der Waals surface area contributed by atoms with E-state index in [0.717, 1.165) is 0 Å². The molecule has 40 heavy (non-hydrogen) atoms. The second-order valence-corrected chi connectivity index (χ2v) is 8.86. The van der Waals surface area contributed by atoms with E-state index in [-0.39, 0.29) is 44.8 Å². The molecule has 15 nitrogen and oxygen atoms in total. The van der Waals surface area contributed by atoms with Crippen LogP contribution in [0, 0.1) is 0 Å². The summed E-state index contributed by atoms with van der Waals surface area (Å²) >= 11 is 0. The molecule has 0 aromatic heterocycles. The monoisotopic (exact) mass is 565 g/mol. The number of ketones is 1. The van der Waals surface area contributed by atoms with Gasteiger partial charge < -0.3 is 42.4 Å². The van der Waals surface area contributed by atoms with Crippen LogP contribution in [0.3, 0.4) is 0 Å². The lowest BCUT2D eigenvalue weighted by molar-refractivity contribution is -0.139.